The third kappa shape index (κ3) is 2.09. The standard InChI is InChI=1S/C9H15NO2/c1-2-9(11,7-10)5-8-3-4-12-6-8/h3-4,6,11H,2,5,7,10H2,1H3. The highest BCUT2D eigenvalue weighted by atomic mass is 16.3. The number of rotatable bonds is 4. The van der Waals surface area contributed by atoms with Gasteiger partial charge in [-0.2, -0.15) is 0 Å². The van der Waals surface area contributed by atoms with Gasteiger partial charge in [0.2, 0.25) is 0 Å². The molecule has 0 aliphatic heterocycles. The summed E-state index contributed by atoms with van der Waals surface area (Å²) in [6.07, 6.45) is 4.46. The smallest absolute Gasteiger partial charge is 0.0935 e. The first-order valence-corrected chi connectivity index (χ1v) is 4.14. The molecule has 1 aromatic rings. The number of nitrogens with two attached hydrogens (primary N) is 1. The number of hydrogen-bond donors (Lipinski definition) is 2. The molecule has 3 heteroatoms. The Morgan fingerprint density at radius 1 is 1.67 bits per heavy atom. The van der Waals surface area contributed by atoms with Gasteiger partial charge in [0.05, 0.1) is 18.1 Å². The van der Waals surface area contributed by atoms with E-state index in [-0.39, 0.29) is 6.54 Å². The Bertz CT molecular complexity index is 214. The van der Waals surface area contributed by atoms with E-state index in [1.807, 2.05) is 13.0 Å². The number of aliphatic hydroxyl groups is 1. The number of furan rings is 1. The van der Waals surface area contributed by atoms with Crippen LogP contribution in [0.15, 0.2) is 23.0 Å². The van der Waals surface area contributed by atoms with Crippen molar-refractivity contribution in [2.24, 2.45) is 5.73 Å². The van der Waals surface area contributed by atoms with Crippen LogP contribution in [-0.4, -0.2) is 17.3 Å². The highest BCUT2D eigenvalue weighted by molar-refractivity contribution is 5.09. The minimum Gasteiger partial charge on any atom is -0.472 e. The zero-order chi connectivity index (χ0) is 9.03. The molecule has 0 radical (unpaired) electrons. The molecule has 68 valence electrons. The molecule has 0 aliphatic carbocycles. The lowest BCUT2D eigenvalue weighted by Gasteiger charge is -2.23. The molecule has 0 aliphatic rings. The quantitative estimate of drug-likeness (QED) is 0.704. The van der Waals surface area contributed by atoms with Crippen molar-refractivity contribution in [2.75, 3.05) is 6.54 Å². The van der Waals surface area contributed by atoms with Gasteiger partial charge in [-0.05, 0) is 18.1 Å². The second-order valence-electron chi connectivity index (χ2n) is 3.09. The zero-order valence-corrected chi connectivity index (χ0v) is 7.29. The molecule has 0 saturated carbocycles. The van der Waals surface area contributed by atoms with E-state index in [0.717, 1.165) is 5.56 Å². The van der Waals surface area contributed by atoms with Crippen LogP contribution in [0.3, 0.4) is 0 Å². The van der Waals surface area contributed by atoms with Crippen LogP contribution in [0.5, 0.6) is 0 Å². The Balaban J connectivity index is 2.60. The second-order valence-corrected chi connectivity index (χ2v) is 3.09. The molecule has 1 atom stereocenters. The largest absolute Gasteiger partial charge is 0.472 e. The van der Waals surface area contributed by atoms with Gasteiger partial charge in [0.25, 0.3) is 0 Å². The van der Waals surface area contributed by atoms with Crippen molar-refractivity contribution in [2.45, 2.75) is 25.4 Å². The molecule has 0 saturated heterocycles. The molecule has 1 unspecified atom stereocenters. The Morgan fingerprint density at radius 3 is 2.83 bits per heavy atom. The molecule has 3 nitrogen and oxygen atoms in total. The topological polar surface area (TPSA) is 59.4 Å². The molecule has 1 heterocycles. The lowest BCUT2D eigenvalue weighted by molar-refractivity contribution is 0.0455. The maximum Gasteiger partial charge on any atom is 0.0935 e. The van der Waals surface area contributed by atoms with Crippen molar-refractivity contribution in [1.29, 1.82) is 0 Å². The lowest BCUT2D eigenvalue weighted by atomic mass is 9.93. The van der Waals surface area contributed by atoms with Gasteiger partial charge in [-0.15, -0.1) is 0 Å². The minimum atomic E-state index is -0.774. The SMILES string of the molecule is CCC(O)(CN)Cc1ccoc1. The van der Waals surface area contributed by atoms with Crippen LogP contribution in [-0.2, 0) is 6.42 Å². The monoisotopic (exact) mass is 169 g/mol. The van der Waals surface area contributed by atoms with Crippen LogP contribution in [0, 0.1) is 0 Å². The van der Waals surface area contributed by atoms with E-state index < -0.39 is 5.60 Å². The van der Waals surface area contributed by atoms with Gasteiger partial charge in [0, 0.05) is 13.0 Å². The molecule has 1 aromatic heterocycles. The Hall–Kier alpha value is -0.800. The first-order chi connectivity index (χ1) is 5.70. The van der Waals surface area contributed by atoms with Crippen LogP contribution in [0.2, 0.25) is 0 Å². The number of hydrogen-bond acceptors (Lipinski definition) is 3. The Kier molecular flexibility index (Phi) is 2.89. The van der Waals surface area contributed by atoms with Crippen LogP contribution in [0.4, 0.5) is 0 Å². The van der Waals surface area contributed by atoms with E-state index in [4.69, 9.17) is 10.2 Å². The molecule has 0 amide bonds. The molecular weight excluding hydrogens is 154 g/mol. The van der Waals surface area contributed by atoms with Crippen molar-refractivity contribution < 1.29 is 9.52 Å². The summed E-state index contributed by atoms with van der Waals surface area (Å²) >= 11 is 0. The van der Waals surface area contributed by atoms with Gasteiger partial charge in [0.1, 0.15) is 0 Å². The van der Waals surface area contributed by atoms with Crippen LogP contribution < -0.4 is 5.73 Å². The van der Waals surface area contributed by atoms with Gasteiger partial charge >= 0.3 is 0 Å². The van der Waals surface area contributed by atoms with Crippen LogP contribution in [0.25, 0.3) is 0 Å². The van der Waals surface area contributed by atoms with Gasteiger partial charge in [0.15, 0.2) is 0 Å². The molecule has 1 rings (SSSR count). The normalized spacial score (nSPS) is 15.9. The fourth-order valence-electron chi connectivity index (χ4n) is 1.11. The molecule has 0 bridgehead atoms. The summed E-state index contributed by atoms with van der Waals surface area (Å²) in [6.45, 7) is 2.21. The van der Waals surface area contributed by atoms with E-state index in [0.29, 0.717) is 12.8 Å². The Morgan fingerprint density at radius 2 is 2.42 bits per heavy atom. The predicted molar refractivity (Wildman–Crippen MR) is 46.7 cm³/mol. The Labute approximate surface area is 72.2 Å². The first-order valence-electron chi connectivity index (χ1n) is 4.14. The summed E-state index contributed by atoms with van der Waals surface area (Å²) in [4.78, 5) is 0. The van der Waals surface area contributed by atoms with E-state index >= 15 is 0 Å². The fourth-order valence-corrected chi connectivity index (χ4v) is 1.11. The van der Waals surface area contributed by atoms with Gasteiger partial charge < -0.3 is 15.3 Å². The van der Waals surface area contributed by atoms with E-state index in [2.05, 4.69) is 0 Å². The fraction of sp³-hybridized carbons (Fsp3) is 0.556. The van der Waals surface area contributed by atoms with Gasteiger partial charge in [-0.3, -0.25) is 0 Å². The van der Waals surface area contributed by atoms with Crippen molar-refractivity contribution in [3.05, 3.63) is 24.2 Å². The lowest BCUT2D eigenvalue weighted by Crippen LogP contribution is -2.39. The maximum absolute atomic E-state index is 9.83. The van der Waals surface area contributed by atoms with E-state index in [1.54, 1.807) is 12.5 Å². The highest BCUT2D eigenvalue weighted by Crippen LogP contribution is 2.15. The maximum atomic E-state index is 9.83. The summed E-state index contributed by atoms with van der Waals surface area (Å²) in [5, 5.41) is 9.83. The van der Waals surface area contributed by atoms with Crippen molar-refractivity contribution in [3.8, 4) is 0 Å². The molecule has 0 fully saturated rings. The van der Waals surface area contributed by atoms with Gasteiger partial charge in [-0.1, -0.05) is 6.92 Å². The average molecular weight is 169 g/mol. The summed E-state index contributed by atoms with van der Waals surface area (Å²) in [6, 6.07) is 1.84. The second kappa shape index (κ2) is 3.74. The van der Waals surface area contributed by atoms with Crippen molar-refractivity contribution in [1.82, 2.24) is 0 Å². The van der Waals surface area contributed by atoms with Crippen LogP contribution in [0.1, 0.15) is 18.9 Å². The average Bonchev–Trinajstić information content (AvgIpc) is 2.57. The third-order valence-corrected chi connectivity index (χ3v) is 2.15. The van der Waals surface area contributed by atoms with E-state index in [9.17, 15) is 5.11 Å². The minimum absolute atomic E-state index is 0.286. The van der Waals surface area contributed by atoms with Crippen molar-refractivity contribution in [3.63, 3.8) is 0 Å². The molecule has 12 heavy (non-hydrogen) atoms. The first kappa shape index (κ1) is 9.29. The summed E-state index contributed by atoms with van der Waals surface area (Å²) in [7, 11) is 0. The molecule has 3 N–H and O–H groups in total. The summed E-state index contributed by atoms with van der Waals surface area (Å²) in [5.41, 5.74) is 5.67. The predicted octanol–water partition coefficient (Wildman–Crippen LogP) is 0.922. The van der Waals surface area contributed by atoms with E-state index in [1.165, 1.54) is 0 Å². The molecule has 0 spiro atoms. The molecular formula is C9H15NO2. The highest BCUT2D eigenvalue weighted by Gasteiger charge is 2.23. The van der Waals surface area contributed by atoms with Crippen LogP contribution >= 0.6 is 0 Å². The zero-order valence-electron chi connectivity index (χ0n) is 7.29. The summed E-state index contributed by atoms with van der Waals surface area (Å²) in [5.74, 6) is 0. The summed E-state index contributed by atoms with van der Waals surface area (Å²) < 4.78 is 4.90. The molecule has 0 aromatic carbocycles. The van der Waals surface area contributed by atoms with Crippen molar-refractivity contribution >= 4 is 0 Å². The van der Waals surface area contributed by atoms with Gasteiger partial charge in [-0.25, -0.2) is 0 Å². The third-order valence-electron chi connectivity index (χ3n) is 2.15.